The van der Waals surface area contributed by atoms with E-state index in [2.05, 4.69) is 123 Å². The van der Waals surface area contributed by atoms with E-state index in [1.165, 1.54) is 38.6 Å². The summed E-state index contributed by atoms with van der Waals surface area (Å²) < 4.78 is 21.9. The van der Waals surface area contributed by atoms with Crippen LogP contribution in [0.1, 0.15) is 63.8 Å². The van der Waals surface area contributed by atoms with Gasteiger partial charge in [0.05, 0.1) is 0 Å². The molecule has 3 aromatic carbocycles. The van der Waals surface area contributed by atoms with Gasteiger partial charge in [-0.05, 0) is 54.0 Å². The van der Waals surface area contributed by atoms with Crippen molar-refractivity contribution in [2.24, 2.45) is 0 Å². The summed E-state index contributed by atoms with van der Waals surface area (Å²) in [5.41, 5.74) is 6.17. The molecule has 0 aliphatic heterocycles. The molecule has 0 saturated heterocycles. The minimum absolute atomic E-state index is 0.00932. The number of ether oxygens (including phenoxy) is 4. The van der Waals surface area contributed by atoms with Crippen LogP contribution in [0, 0.1) is 13.8 Å². The van der Waals surface area contributed by atoms with Crippen molar-refractivity contribution in [2.45, 2.75) is 66.2 Å². The highest BCUT2D eigenvalue weighted by Crippen LogP contribution is 2.36. The van der Waals surface area contributed by atoms with E-state index in [0.717, 1.165) is 16.8 Å². The summed E-state index contributed by atoms with van der Waals surface area (Å²) >= 11 is 6.01. The van der Waals surface area contributed by atoms with Gasteiger partial charge in [0.25, 0.3) is 0 Å². The number of aryl methyl sites for hydroxylation is 2. The molecule has 2 atom stereocenters. The molecule has 0 aliphatic carbocycles. The summed E-state index contributed by atoms with van der Waals surface area (Å²) in [6.45, 7) is 17.9. The molecular weight excluding hydrogens is 584 g/mol. The fourth-order valence-electron chi connectivity index (χ4n) is 4.48. The molecule has 3 aromatic rings. The summed E-state index contributed by atoms with van der Waals surface area (Å²) in [7, 11) is 8.18. The third-order valence-electron chi connectivity index (χ3n) is 6.48. The third kappa shape index (κ3) is 10.4. The van der Waals surface area contributed by atoms with Gasteiger partial charge in [0.15, 0.2) is 13.6 Å². The van der Waals surface area contributed by atoms with Gasteiger partial charge in [0, 0.05) is 69.0 Å². The zero-order valence-electron chi connectivity index (χ0n) is 27.5. The van der Waals surface area contributed by atoms with Crippen LogP contribution < -0.4 is 30.3 Å². The first-order valence-electron chi connectivity index (χ1n) is 14.1. The maximum Gasteiger partial charge on any atom is 0.188 e. The smallest absolute Gasteiger partial charge is 0.188 e. The van der Waals surface area contributed by atoms with E-state index in [1.807, 2.05) is 0 Å². The van der Waals surface area contributed by atoms with Crippen molar-refractivity contribution in [1.82, 2.24) is 0 Å². The van der Waals surface area contributed by atoms with Crippen LogP contribution in [0.5, 0.6) is 11.5 Å². The van der Waals surface area contributed by atoms with Crippen LogP contribution >= 0.6 is 27.8 Å². The number of nitrogens with zero attached hydrogens (tertiary/aromatic N) is 1. The minimum Gasteiger partial charge on any atom is -0.467 e. The Kier molecular flexibility index (Phi) is 14.1. The number of anilines is 1. The third-order valence-corrected chi connectivity index (χ3v) is 9.00. The Labute approximate surface area is 263 Å². The summed E-state index contributed by atoms with van der Waals surface area (Å²) in [5.74, 6) is 1.84. The first-order chi connectivity index (χ1) is 19.6. The molecule has 0 radical (unpaired) electrons. The Morgan fingerprint density at radius 1 is 0.690 bits per heavy atom. The van der Waals surface area contributed by atoms with Gasteiger partial charge >= 0.3 is 0 Å². The van der Waals surface area contributed by atoms with E-state index < -0.39 is 0 Å². The Bertz CT molecular complexity index is 1300. The SMILES string of the molecule is COCOc1c(PCl)cc(C)cc1C(C)(C)C.COCOc1c(Pc2ccccc2N(C)C)cc(C)cc1C(C)(C)C. The zero-order valence-corrected chi connectivity index (χ0v) is 30.2. The molecule has 2 unspecified atom stereocenters. The first kappa shape index (κ1) is 36.3. The summed E-state index contributed by atoms with van der Waals surface area (Å²) in [4.78, 5) is 2.17. The lowest BCUT2D eigenvalue weighted by atomic mass is 9.85. The lowest BCUT2D eigenvalue weighted by Gasteiger charge is -2.26. The predicted molar refractivity (Wildman–Crippen MR) is 187 cm³/mol. The molecule has 0 N–H and O–H groups in total. The van der Waals surface area contributed by atoms with Gasteiger partial charge < -0.3 is 23.8 Å². The Hall–Kier alpha value is -1.87. The van der Waals surface area contributed by atoms with Crippen LogP contribution in [0.25, 0.3) is 0 Å². The van der Waals surface area contributed by atoms with Crippen molar-refractivity contribution in [3.8, 4) is 11.5 Å². The minimum atomic E-state index is 0.00932. The number of hydrogen-bond donors (Lipinski definition) is 0. The van der Waals surface area contributed by atoms with Crippen molar-refractivity contribution < 1.29 is 18.9 Å². The van der Waals surface area contributed by atoms with Gasteiger partial charge in [-0.1, -0.05) is 91.7 Å². The topological polar surface area (TPSA) is 40.2 Å². The van der Waals surface area contributed by atoms with Crippen LogP contribution in [0.3, 0.4) is 0 Å². The summed E-state index contributed by atoms with van der Waals surface area (Å²) in [6.07, 6.45) is 0. The molecule has 0 amide bonds. The molecule has 8 heteroatoms. The molecule has 5 nitrogen and oxygen atoms in total. The molecule has 0 aromatic heterocycles. The van der Waals surface area contributed by atoms with Gasteiger partial charge in [-0.25, -0.2) is 0 Å². The second-order valence-electron chi connectivity index (χ2n) is 12.6. The van der Waals surface area contributed by atoms with Crippen LogP contribution in [0.15, 0.2) is 48.5 Å². The highest BCUT2D eigenvalue weighted by molar-refractivity contribution is 7.75. The Morgan fingerprint density at radius 3 is 1.57 bits per heavy atom. The van der Waals surface area contributed by atoms with Crippen molar-refractivity contribution in [3.63, 3.8) is 0 Å². The average Bonchev–Trinajstić information content (AvgIpc) is 2.90. The van der Waals surface area contributed by atoms with Crippen molar-refractivity contribution >= 4 is 49.4 Å². The maximum absolute atomic E-state index is 6.04. The molecule has 0 bridgehead atoms. The lowest BCUT2D eigenvalue weighted by molar-refractivity contribution is 0.0504. The van der Waals surface area contributed by atoms with E-state index >= 15 is 0 Å². The van der Waals surface area contributed by atoms with E-state index in [1.54, 1.807) is 14.2 Å². The standard InChI is InChI=1S/C21H30NO2P.C13H20ClO2P/c1-15-12-16(21(2,3)4)20(24-14-23-7)19(13-15)25-18-11-9-8-10-17(18)22(5)6;1-9-6-10(13(2,3)4)12(16-8-15-5)11(7-9)17-14/h8-13,25H,14H2,1-7H3;6-7,17H,8H2,1-5H3. The number of benzene rings is 3. The van der Waals surface area contributed by atoms with Crippen LogP contribution in [-0.2, 0) is 20.3 Å². The Morgan fingerprint density at radius 2 is 1.14 bits per heavy atom. The lowest BCUT2D eigenvalue weighted by Crippen LogP contribution is -2.22. The fraction of sp³-hybridized carbons (Fsp3) is 0.471. The second-order valence-corrected chi connectivity index (χ2v) is 15.2. The first-order valence-corrected chi connectivity index (χ1v) is 17.1. The molecule has 232 valence electrons. The predicted octanol–water partition coefficient (Wildman–Crippen LogP) is 7.70. The molecule has 0 heterocycles. The highest BCUT2D eigenvalue weighted by Gasteiger charge is 2.24. The quantitative estimate of drug-likeness (QED) is 0.169. The highest BCUT2D eigenvalue weighted by atomic mass is 35.7. The van der Waals surface area contributed by atoms with Crippen molar-refractivity contribution in [1.29, 1.82) is 0 Å². The fourth-order valence-corrected chi connectivity index (χ4v) is 7.01. The summed E-state index contributed by atoms with van der Waals surface area (Å²) in [5, 5.41) is 3.60. The molecule has 3 rings (SSSR count). The number of halogens is 1. The van der Waals surface area contributed by atoms with Crippen molar-refractivity contribution in [2.75, 3.05) is 46.8 Å². The van der Waals surface area contributed by atoms with E-state index in [4.69, 9.17) is 30.2 Å². The molecule has 0 aliphatic rings. The number of rotatable bonds is 10. The van der Waals surface area contributed by atoms with E-state index in [0.29, 0.717) is 8.58 Å². The van der Waals surface area contributed by atoms with Gasteiger partial charge in [-0.2, -0.15) is 0 Å². The summed E-state index contributed by atoms with van der Waals surface area (Å²) in [6, 6.07) is 17.3. The van der Waals surface area contributed by atoms with E-state index in [-0.39, 0.29) is 32.3 Å². The number of methoxy groups -OCH3 is 2. The van der Waals surface area contributed by atoms with Crippen LogP contribution in [0.4, 0.5) is 5.69 Å². The normalized spacial score (nSPS) is 12.1. The Balaban J connectivity index is 0.000000317. The van der Waals surface area contributed by atoms with Crippen LogP contribution in [0.2, 0.25) is 0 Å². The van der Waals surface area contributed by atoms with Gasteiger partial charge in [-0.3, -0.25) is 0 Å². The van der Waals surface area contributed by atoms with Gasteiger partial charge in [-0.15, -0.1) is 0 Å². The van der Waals surface area contributed by atoms with Gasteiger partial charge in [0.1, 0.15) is 11.5 Å². The van der Waals surface area contributed by atoms with Crippen LogP contribution in [-0.4, -0.2) is 41.9 Å². The molecule has 0 saturated carbocycles. The largest absolute Gasteiger partial charge is 0.467 e. The van der Waals surface area contributed by atoms with Gasteiger partial charge in [0.2, 0.25) is 0 Å². The molecular formula is C34H50ClNO4P2. The van der Waals surface area contributed by atoms with E-state index in [9.17, 15) is 0 Å². The average molecular weight is 634 g/mol. The molecule has 42 heavy (non-hydrogen) atoms. The maximum atomic E-state index is 6.04. The van der Waals surface area contributed by atoms with Crippen molar-refractivity contribution in [3.05, 3.63) is 70.8 Å². The molecule has 0 spiro atoms. The molecule has 0 fully saturated rings. The number of para-hydroxylation sites is 1. The monoisotopic (exact) mass is 633 g/mol. The number of hydrogen-bond acceptors (Lipinski definition) is 5. The zero-order chi connectivity index (χ0) is 31.7. The second kappa shape index (κ2) is 16.3.